The molecule has 2 atom stereocenters. The second-order valence-electron chi connectivity index (χ2n) is 6.74. The lowest BCUT2D eigenvalue weighted by atomic mass is 9.51. The molecule has 6 heteroatoms. The van der Waals surface area contributed by atoms with Gasteiger partial charge in [0.2, 0.25) is 0 Å². The third kappa shape index (κ3) is 3.22. The molecule has 2 unspecified atom stereocenters. The average Bonchev–Trinajstić information content (AvgIpc) is 2.88. The number of rotatable bonds is 6. The lowest BCUT2D eigenvalue weighted by Crippen LogP contribution is -2.68. The molecule has 1 spiro atoms. The maximum absolute atomic E-state index is 5.91. The van der Waals surface area contributed by atoms with Crippen LogP contribution in [0.4, 0.5) is 0 Å². The third-order valence-corrected chi connectivity index (χ3v) is 5.37. The molecule has 0 aromatic carbocycles. The first-order valence-corrected chi connectivity index (χ1v) is 8.76. The van der Waals surface area contributed by atoms with Gasteiger partial charge in [-0.3, -0.25) is 9.67 Å². The fraction of sp³-hybridized carbons (Fsp3) is 0.765. The Labute approximate surface area is 138 Å². The van der Waals surface area contributed by atoms with E-state index in [1.54, 1.807) is 0 Å². The van der Waals surface area contributed by atoms with Gasteiger partial charge in [0.05, 0.1) is 18.8 Å². The summed E-state index contributed by atoms with van der Waals surface area (Å²) in [6, 6.07) is 0.492. The smallest absolute Gasteiger partial charge is 0.191 e. The van der Waals surface area contributed by atoms with Crippen molar-refractivity contribution in [3.63, 3.8) is 0 Å². The Morgan fingerprint density at radius 3 is 2.91 bits per heavy atom. The first-order valence-electron chi connectivity index (χ1n) is 8.76. The summed E-state index contributed by atoms with van der Waals surface area (Å²) in [4.78, 5) is 4.37. The van der Waals surface area contributed by atoms with E-state index in [1.807, 2.05) is 17.9 Å². The SMILES string of the molecule is CCOC1CC(NC(=NC)NCCn2cc(C)cn2)C12CCC2. The molecule has 2 fully saturated rings. The molecule has 3 rings (SSSR count). The topological polar surface area (TPSA) is 63.5 Å². The zero-order valence-electron chi connectivity index (χ0n) is 14.5. The Kier molecular flexibility index (Phi) is 4.90. The van der Waals surface area contributed by atoms with Crippen molar-refractivity contribution in [3.05, 3.63) is 18.0 Å². The fourth-order valence-electron chi connectivity index (χ4n) is 3.88. The average molecular weight is 319 g/mol. The van der Waals surface area contributed by atoms with Crippen molar-refractivity contribution in [2.75, 3.05) is 20.2 Å². The molecule has 1 aromatic heterocycles. The van der Waals surface area contributed by atoms with E-state index in [9.17, 15) is 0 Å². The summed E-state index contributed by atoms with van der Waals surface area (Å²) in [7, 11) is 1.83. The Bertz CT molecular complexity index is 549. The molecule has 0 saturated heterocycles. The highest BCUT2D eigenvalue weighted by atomic mass is 16.5. The lowest BCUT2D eigenvalue weighted by molar-refractivity contribution is -0.168. The van der Waals surface area contributed by atoms with Crippen molar-refractivity contribution in [3.8, 4) is 0 Å². The number of nitrogens with zero attached hydrogens (tertiary/aromatic N) is 3. The third-order valence-electron chi connectivity index (χ3n) is 5.37. The molecule has 1 heterocycles. The van der Waals surface area contributed by atoms with Crippen molar-refractivity contribution in [1.82, 2.24) is 20.4 Å². The fourth-order valence-corrected chi connectivity index (χ4v) is 3.88. The van der Waals surface area contributed by atoms with Gasteiger partial charge in [-0.25, -0.2) is 0 Å². The highest BCUT2D eigenvalue weighted by Gasteiger charge is 2.59. The second kappa shape index (κ2) is 6.91. The molecule has 2 aliphatic rings. The van der Waals surface area contributed by atoms with Gasteiger partial charge in [0.1, 0.15) is 0 Å². The van der Waals surface area contributed by atoms with Crippen LogP contribution in [0, 0.1) is 12.3 Å². The van der Waals surface area contributed by atoms with Gasteiger partial charge in [0, 0.05) is 37.9 Å². The zero-order chi connectivity index (χ0) is 16.3. The summed E-state index contributed by atoms with van der Waals surface area (Å²) in [5.74, 6) is 0.889. The van der Waals surface area contributed by atoms with Crippen LogP contribution in [0.1, 0.15) is 38.2 Å². The number of hydrogen-bond donors (Lipinski definition) is 2. The van der Waals surface area contributed by atoms with Crippen LogP contribution in [-0.2, 0) is 11.3 Å². The zero-order valence-corrected chi connectivity index (χ0v) is 14.5. The quantitative estimate of drug-likeness (QED) is 0.619. The molecular formula is C17H29N5O. The number of nitrogens with one attached hydrogen (secondary N) is 2. The van der Waals surface area contributed by atoms with Crippen molar-refractivity contribution < 1.29 is 4.74 Å². The van der Waals surface area contributed by atoms with Crippen LogP contribution in [0.5, 0.6) is 0 Å². The van der Waals surface area contributed by atoms with Crippen molar-refractivity contribution >= 4 is 5.96 Å². The first kappa shape index (κ1) is 16.3. The molecule has 6 nitrogen and oxygen atoms in total. The van der Waals surface area contributed by atoms with Crippen LogP contribution in [-0.4, -0.2) is 48.1 Å². The first-order chi connectivity index (χ1) is 11.2. The molecule has 0 amide bonds. The molecule has 2 saturated carbocycles. The van der Waals surface area contributed by atoms with E-state index >= 15 is 0 Å². The monoisotopic (exact) mass is 319 g/mol. The van der Waals surface area contributed by atoms with Crippen molar-refractivity contribution in [2.24, 2.45) is 10.4 Å². The van der Waals surface area contributed by atoms with Gasteiger partial charge in [-0.15, -0.1) is 0 Å². The summed E-state index contributed by atoms with van der Waals surface area (Å²) < 4.78 is 7.87. The minimum atomic E-state index is 0.354. The van der Waals surface area contributed by atoms with Crippen molar-refractivity contribution in [2.45, 2.75) is 58.2 Å². The van der Waals surface area contributed by atoms with E-state index in [4.69, 9.17) is 4.74 Å². The highest BCUT2D eigenvalue weighted by Crippen LogP contribution is 2.57. The van der Waals surface area contributed by atoms with E-state index in [0.717, 1.165) is 32.1 Å². The number of aromatic nitrogens is 2. The molecule has 2 N–H and O–H groups in total. The molecule has 0 bridgehead atoms. The summed E-state index contributed by atoms with van der Waals surface area (Å²) >= 11 is 0. The molecule has 128 valence electrons. The van der Waals surface area contributed by atoms with E-state index in [-0.39, 0.29) is 0 Å². The minimum absolute atomic E-state index is 0.354. The normalized spacial score (nSPS) is 25.8. The predicted molar refractivity (Wildman–Crippen MR) is 91.6 cm³/mol. The predicted octanol–water partition coefficient (Wildman–Crippen LogP) is 1.70. The maximum Gasteiger partial charge on any atom is 0.191 e. The molecule has 23 heavy (non-hydrogen) atoms. The van der Waals surface area contributed by atoms with Gasteiger partial charge in [-0.1, -0.05) is 6.42 Å². The van der Waals surface area contributed by atoms with Crippen molar-refractivity contribution in [1.29, 1.82) is 0 Å². The van der Waals surface area contributed by atoms with Crippen LogP contribution in [0.2, 0.25) is 0 Å². The highest BCUT2D eigenvalue weighted by molar-refractivity contribution is 5.80. The van der Waals surface area contributed by atoms with Crippen LogP contribution in [0.25, 0.3) is 0 Å². The molecule has 2 aliphatic carbocycles. The van der Waals surface area contributed by atoms with E-state index in [0.29, 0.717) is 17.6 Å². The van der Waals surface area contributed by atoms with E-state index < -0.39 is 0 Å². The van der Waals surface area contributed by atoms with E-state index in [1.165, 1.54) is 24.8 Å². The van der Waals surface area contributed by atoms with Crippen LogP contribution < -0.4 is 10.6 Å². The Balaban J connectivity index is 1.46. The van der Waals surface area contributed by atoms with Gasteiger partial charge in [0.15, 0.2) is 5.96 Å². The minimum Gasteiger partial charge on any atom is -0.378 e. The number of ether oxygens (including phenoxy) is 1. The van der Waals surface area contributed by atoms with Gasteiger partial charge in [-0.05, 0) is 38.7 Å². The molecular weight excluding hydrogens is 290 g/mol. The van der Waals surface area contributed by atoms with Crippen LogP contribution in [0.15, 0.2) is 17.4 Å². The van der Waals surface area contributed by atoms with Gasteiger partial charge in [0.25, 0.3) is 0 Å². The van der Waals surface area contributed by atoms with Crippen LogP contribution in [0.3, 0.4) is 0 Å². The summed E-state index contributed by atoms with van der Waals surface area (Å²) in [5.41, 5.74) is 1.54. The Hall–Kier alpha value is -1.56. The number of aliphatic imine (C=N–C) groups is 1. The standard InChI is InChI=1S/C17H29N5O/c1-4-23-15-10-14(17(15)6-5-7-17)21-16(18-3)19-8-9-22-12-13(2)11-20-22/h11-12,14-15H,4-10H2,1-3H3,(H2,18,19,21). The maximum atomic E-state index is 5.91. The Morgan fingerprint density at radius 2 is 2.35 bits per heavy atom. The molecule has 0 radical (unpaired) electrons. The molecule has 1 aromatic rings. The summed E-state index contributed by atoms with van der Waals surface area (Å²) in [6.07, 6.45) is 9.34. The second-order valence-corrected chi connectivity index (χ2v) is 6.74. The lowest BCUT2D eigenvalue weighted by Gasteiger charge is -2.61. The summed E-state index contributed by atoms with van der Waals surface area (Å²) in [5, 5.41) is 11.3. The number of hydrogen-bond acceptors (Lipinski definition) is 3. The van der Waals surface area contributed by atoms with Gasteiger partial charge in [-0.2, -0.15) is 5.10 Å². The van der Waals surface area contributed by atoms with Gasteiger partial charge < -0.3 is 15.4 Å². The molecule has 0 aliphatic heterocycles. The van der Waals surface area contributed by atoms with Crippen LogP contribution >= 0.6 is 0 Å². The Morgan fingerprint density at radius 1 is 1.52 bits per heavy atom. The largest absolute Gasteiger partial charge is 0.378 e. The number of guanidine groups is 1. The van der Waals surface area contributed by atoms with E-state index in [2.05, 4.69) is 40.8 Å². The number of aryl methyl sites for hydroxylation is 1. The van der Waals surface area contributed by atoms with Gasteiger partial charge >= 0.3 is 0 Å². The summed E-state index contributed by atoms with van der Waals surface area (Å²) in [6.45, 7) is 6.61.